The first-order chi connectivity index (χ1) is 11.0. The van der Waals surface area contributed by atoms with E-state index in [1.165, 1.54) is 0 Å². The lowest BCUT2D eigenvalue weighted by Gasteiger charge is -2.28. The van der Waals surface area contributed by atoms with Gasteiger partial charge in [0.2, 0.25) is 0 Å². The maximum Gasteiger partial charge on any atom is 0.150 e. The van der Waals surface area contributed by atoms with Crippen molar-refractivity contribution in [1.29, 1.82) is 0 Å². The van der Waals surface area contributed by atoms with E-state index < -0.39 is 9.84 Å². The molecule has 0 radical (unpaired) electrons. The highest BCUT2D eigenvalue weighted by Gasteiger charge is 2.34. The lowest BCUT2D eigenvalue weighted by Crippen LogP contribution is -2.30. The van der Waals surface area contributed by atoms with E-state index in [1.807, 2.05) is 18.2 Å². The van der Waals surface area contributed by atoms with Crippen LogP contribution in [0.1, 0.15) is 30.9 Å². The highest BCUT2D eigenvalue weighted by atomic mass is 32.2. The van der Waals surface area contributed by atoms with Crippen molar-refractivity contribution in [3.63, 3.8) is 0 Å². The summed E-state index contributed by atoms with van der Waals surface area (Å²) in [7, 11) is 0.543. The summed E-state index contributed by atoms with van der Waals surface area (Å²) in [6, 6.07) is 6.19. The van der Waals surface area contributed by atoms with E-state index in [9.17, 15) is 8.42 Å². The van der Waals surface area contributed by atoms with Gasteiger partial charge in [0.25, 0.3) is 0 Å². The lowest BCUT2D eigenvalue weighted by molar-refractivity contribution is 0.220. The van der Waals surface area contributed by atoms with Crippen molar-refractivity contribution in [2.24, 2.45) is 5.92 Å². The first kappa shape index (κ1) is 16.6. The Morgan fingerprint density at radius 2 is 2.04 bits per heavy atom. The van der Waals surface area contributed by atoms with Crippen LogP contribution in [0.4, 0.5) is 0 Å². The van der Waals surface area contributed by atoms with Crippen LogP contribution < -0.4 is 9.47 Å². The SMILES string of the molecule is COc1ccc(OC)c([C@H]2CCCN2C[C@@H]2CCS(=O)(=O)C2)c1. The van der Waals surface area contributed by atoms with Crippen molar-refractivity contribution in [2.45, 2.75) is 25.3 Å². The van der Waals surface area contributed by atoms with Crippen LogP contribution in [0, 0.1) is 5.92 Å². The minimum absolute atomic E-state index is 0.261. The molecule has 0 bridgehead atoms. The van der Waals surface area contributed by atoms with Crippen LogP contribution in [0.25, 0.3) is 0 Å². The van der Waals surface area contributed by atoms with E-state index in [1.54, 1.807) is 14.2 Å². The quantitative estimate of drug-likeness (QED) is 0.824. The Morgan fingerprint density at radius 3 is 2.70 bits per heavy atom. The van der Waals surface area contributed by atoms with Crippen LogP contribution in [0.3, 0.4) is 0 Å². The monoisotopic (exact) mass is 339 g/mol. The molecule has 23 heavy (non-hydrogen) atoms. The lowest BCUT2D eigenvalue weighted by atomic mass is 10.0. The molecule has 6 heteroatoms. The summed E-state index contributed by atoms with van der Waals surface area (Å²) in [6.45, 7) is 1.87. The number of methoxy groups -OCH3 is 2. The molecule has 2 aliphatic heterocycles. The molecule has 0 aromatic heterocycles. The third-order valence-electron chi connectivity index (χ3n) is 4.98. The number of rotatable bonds is 5. The second-order valence-electron chi connectivity index (χ2n) is 6.53. The van der Waals surface area contributed by atoms with Gasteiger partial charge in [0.05, 0.1) is 25.7 Å². The molecule has 2 aliphatic rings. The summed E-state index contributed by atoms with van der Waals surface area (Å²) in [4.78, 5) is 2.42. The fourth-order valence-electron chi connectivity index (χ4n) is 3.84. The molecule has 0 N–H and O–H groups in total. The summed E-state index contributed by atoms with van der Waals surface area (Å²) in [5.41, 5.74) is 1.14. The van der Waals surface area contributed by atoms with Gasteiger partial charge in [-0.15, -0.1) is 0 Å². The van der Waals surface area contributed by atoms with Gasteiger partial charge >= 0.3 is 0 Å². The van der Waals surface area contributed by atoms with E-state index in [-0.39, 0.29) is 12.0 Å². The van der Waals surface area contributed by atoms with Crippen molar-refractivity contribution in [3.05, 3.63) is 23.8 Å². The third kappa shape index (κ3) is 3.63. The van der Waals surface area contributed by atoms with Gasteiger partial charge in [0.15, 0.2) is 9.84 Å². The number of ether oxygens (including phenoxy) is 2. The molecule has 2 heterocycles. The second-order valence-corrected chi connectivity index (χ2v) is 8.76. The zero-order chi connectivity index (χ0) is 16.4. The Bertz CT molecular complexity index is 659. The highest BCUT2D eigenvalue weighted by Crippen LogP contribution is 2.39. The van der Waals surface area contributed by atoms with E-state index >= 15 is 0 Å². The average molecular weight is 339 g/mol. The molecule has 3 rings (SSSR count). The van der Waals surface area contributed by atoms with Gasteiger partial charge in [-0.05, 0) is 49.9 Å². The number of likely N-dealkylation sites (tertiary alicyclic amines) is 1. The van der Waals surface area contributed by atoms with Crippen molar-refractivity contribution in [2.75, 3.05) is 38.8 Å². The standard InChI is InChI=1S/C17H25NO4S/c1-21-14-5-6-17(22-2)15(10-14)16-4-3-8-18(16)11-13-7-9-23(19,20)12-13/h5-6,10,13,16H,3-4,7-9,11-12H2,1-2H3/t13-,16+/m0/s1. The Morgan fingerprint density at radius 1 is 1.22 bits per heavy atom. The molecule has 0 spiro atoms. The fourth-order valence-corrected chi connectivity index (χ4v) is 5.69. The molecule has 0 amide bonds. The highest BCUT2D eigenvalue weighted by molar-refractivity contribution is 7.91. The van der Waals surface area contributed by atoms with Crippen molar-refractivity contribution >= 4 is 9.84 Å². The van der Waals surface area contributed by atoms with Crippen LogP contribution in [0.2, 0.25) is 0 Å². The van der Waals surface area contributed by atoms with E-state index in [2.05, 4.69) is 4.90 Å². The summed E-state index contributed by atoms with van der Waals surface area (Å²) >= 11 is 0. The minimum atomic E-state index is -2.81. The first-order valence-corrected chi connectivity index (χ1v) is 10.0. The number of benzene rings is 1. The Kier molecular flexibility index (Phi) is 4.82. The maximum absolute atomic E-state index is 11.7. The van der Waals surface area contributed by atoms with Gasteiger partial charge in [0, 0.05) is 18.2 Å². The van der Waals surface area contributed by atoms with Crippen LogP contribution in [0.5, 0.6) is 11.5 Å². The van der Waals surface area contributed by atoms with Crippen LogP contribution in [0.15, 0.2) is 18.2 Å². The van der Waals surface area contributed by atoms with Gasteiger partial charge in [-0.1, -0.05) is 0 Å². The normalized spacial score (nSPS) is 27.2. The molecule has 0 aliphatic carbocycles. The van der Waals surface area contributed by atoms with Gasteiger partial charge in [-0.25, -0.2) is 8.42 Å². The zero-order valence-corrected chi connectivity index (χ0v) is 14.6. The van der Waals surface area contributed by atoms with Crippen molar-refractivity contribution < 1.29 is 17.9 Å². The maximum atomic E-state index is 11.7. The van der Waals surface area contributed by atoms with Crippen molar-refractivity contribution in [3.8, 4) is 11.5 Å². The van der Waals surface area contributed by atoms with Gasteiger partial charge in [0.1, 0.15) is 11.5 Å². The Balaban J connectivity index is 1.79. The zero-order valence-electron chi connectivity index (χ0n) is 13.8. The predicted octanol–water partition coefficient (Wildman–Crippen LogP) is 2.28. The van der Waals surface area contributed by atoms with Gasteiger partial charge in [-0.3, -0.25) is 4.90 Å². The van der Waals surface area contributed by atoms with Gasteiger partial charge < -0.3 is 9.47 Å². The average Bonchev–Trinajstić information content (AvgIpc) is 3.13. The molecular weight excluding hydrogens is 314 g/mol. The topological polar surface area (TPSA) is 55.8 Å². The summed E-state index contributed by atoms with van der Waals surface area (Å²) in [6.07, 6.45) is 2.99. The van der Waals surface area contributed by atoms with E-state index in [0.29, 0.717) is 11.5 Å². The molecular formula is C17H25NO4S. The number of hydrogen-bond acceptors (Lipinski definition) is 5. The summed E-state index contributed by atoms with van der Waals surface area (Å²) in [5, 5.41) is 0. The molecule has 1 aromatic carbocycles. The molecule has 2 fully saturated rings. The Labute approximate surface area is 138 Å². The molecule has 0 saturated carbocycles. The smallest absolute Gasteiger partial charge is 0.150 e. The van der Waals surface area contributed by atoms with E-state index in [4.69, 9.17) is 9.47 Å². The van der Waals surface area contributed by atoms with Crippen LogP contribution in [-0.2, 0) is 9.84 Å². The molecule has 128 valence electrons. The molecule has 5 nitrogen and oxygen atoms in total. The first-order valence-electron chi connectivity index (χ1n) is 8.19. The Hall–Kier alpha value is -1.27. The van der Waals surface area contributed by atoms with Crippen molar-refractivity contribution in [1.82, 2.24) is 4.90 Å². The number of sulfone groups is 1. The third-order valence-corrected chi connectivity index (χ3v) is 6.82. The summed E-state index contributed by atoms with van der Waals surface area (Å²) in [5.74, 6) is 2.65. The fraction of sp³-hybridized carbons (Fsp3) is 0.647. The molecule has 2 saturated heterocycles. The predicted molar refractivity (Wildman–Crippen MR) is 89.9 cm³/mol. The second kappa shape index (κ2) is 6.69. The number of nitrogens with zero attached hydrogens (tertiary/aromatic N) is 1. The molecule has 0 unspecified atom stereocenters. The largest absolute Gasteiger partial charge is 0.497 e. The van der Waals surface area contributed by atoms with Crippen LogP contribution in [-0.4, -0.2) is 52.1 Å². The molecule has 2 atom stereocenters. The van der Waals surface area contributed by atoms with E-state index in [0.717, 1.165) is 49.4 Å². The van der Waals surface area contributed by atoms with Crippen LogP contribution >= 0.6 is 0 Å². The van der Waals surface area contributed by atoms with Gasteiger partial charge in [-0.2, -0.15) is 0 Å². The number of hydrogen-bond donors (Lipinski definition) is 0. The molecule has 1 aromatic rings. The minimum Gasteiger partial charge on any atom is -0.497 e. The summed E-state index contributed by atoms with van der Waals surface area (Å²) < 4.78 is 34.3.